The van der Waals surface area contributed by atoms with Crippen LogP contribution in [0.3, 0.4) is 0 Å². The maximum Gasteiger partial charge on any atom is 0.227 e. The van der Waals surface area contributed by atoms with E-state index in [1.165, 1.54) is 12.8 Å². The van der Waals surface area contributed by atoms with Gasteiger partial charge in [0.1, 0.15) is 0 Å². The molecule has 1 aliphatic heterocycles. The first-order valence-corrected chi connectivity index (χ1v) is 7.11. The van der Waals surface area contributed by atoms with E-state index in [9.17, 15) is 0 Å². The first kappa shape index (κ1) is 13.1. The van der Waals surface area contributed by atoms with Crippen molar-refractivity contribution in [3.8, 4) is 11.4 Å². The molecule has 0 aliphatic carbocycles. The van der Waals surface area contributed by atoms with Crippen molar-refractivity contribution in [2.24, 2.45) is 0 Å². The molecule has 20 heavy (non-hydrogen) atoms. The molecule has 5 nitrogen and oxygen atoms in total. The number of nitrogens with zero attached hydrogens (tertiary/aromatic N) is 2. The molecule has 2 N–H and O–H groups in total. The second-order valence-electron chi connectivity index (χ2n) is 5.16. The fraction of sp³-hybridized carbons (Fsp3) is 0.467. The quantitative estimate of drug-likeness (QED) is 0.867. The molecule has 3 rings (SSSR count). The molecule has 0 saturated carbocycles. The van der Waals surface area contributed by atoms with Crippen LogP contribution in [0.5, 0.6) is 0 Å². The molecular formula is C15H19N3O2. The van der Waals surface area contributed by atoms with Crippen LogP contribution in [0.25, 0.3) is 11.4 Å². The van der Waals surface area contributed by atoms with Gasteiger partial charge in [0.05, 0.1) is 6.10 Å². The van der Waals surface area contributed by atoms with Crippen molar-refractivity contribution < 1.29 is 9.26 Å². The predicted molar refractivity (Wildman–Crippen MR) is 76.1 cm³/mol. The smallest absolute Gasteiger partial charge is 0.227 e. The second kappa shape index (κ2) is 6.05. The Hall–Kier alpha value is -1.88. The Morgan fingerprint density at radius 3 is 2.80 bits per heavy atom. The summed E-state index contributed by atoms with van der Waals surface area (Å²) in [5, 5.41) is 4.01. The second-order valence-corrected chi connectivity index (χ2v) is 5.16. The molecule has 1 aromatic carbocycles. The van der Waals surface area contributed by atoms with Crippen LogP contribution in [-0.4, -0.2) is 22.9 Å². The minimum absolute atomic E-state index is 0.343. The fourth-order valence-electron chi connectivity index (χ4n) is 2.43. The first-order valence-electron chi connectivity index (χ1n) is 7.11. The molecule has 0 spiro atoms. The number of rotatable bonds is 4. The normalized spacial score (nSPS) is 19.1. The van der Waals surface area contributed by atoms with E-state index in [0.29, 0.717) is 17.8 Å². The minimum Gasteiger partial charge on any atom is -0.399 e. The SMILES string of the molecule is Nc1ccc(-c2noc(CCC3CCCCO3)n2)cc1. The molecule has 2 aromatic rings. The van der Waals surface area contributed by atoms with Gasteiger partial charge in [-0.25, -0.2) is 0 Å². The third-order valence-electron chi connectivity index (χ3n) is 3.59. The van der Waals surface area contributed by atoms with Gasteiger partial charge in [0.25, 0.3) is 0 Å². The number of hydrogen-bond acceptors (Lipinski definition) is 5. The van der Waals surface area contributed by atoms with Gasteiger partial charge in [-0.2, -0.15) is 4.98 Å². The van der Waals surface area contributed by atoms with Crippen molar-refractivity contribution in [3.63, 3.8) is 0 Å². The van der Waals surface area contributed by atoms with Crippen LogP contribution in [0.1, 0.15) is 31.6 Å². The maximum absolute atomic E-state index is 5.70. The predicted octanol–water partition coefficient (Wildman–Crippen LogP) is 2.82. The van der Waals surface area contributed by atoms with Crippen LogP contribution in [0.4, 0.5) is 5.69 Å². The molecule has 1 saturated heterocycles. The summed E-state index contributed by atoms with van der Waals surface area (Å²) in [7, 11) is 0. The summed E-state index contributed by atoms with van der Waals surface area (Å²) in [5.74, 6) is 1.29. The van der Waals surface area contributed by atoms with E-state index in [1.54, 1.807) is 0 Å². The number of anilines is 1. The molecule has 0 bridgehead atoms. The summed E-state index contributed by atoms with van der Waals surface area (Å²) in [6.07, 6.45) is 5.63. The Bertz CT molecular complexity index is 545. The van der Waals surface area contributed by atoms with Crippen molar-refractivity contribution in [1.82, 2.24) is 10.1 Å². The summed E-state index contributed by atoms with van der Waals surface area (Å²) >= 11 is 0. The number of aromatic nitrogens is 2. The van der Waals surface area contributed by atoms with Gasteiger partial charge in [-0.15, -0.1) is 0 Å². The van der Waals surface area contributed by atoms with Gasteiger partial charge in [-0.1, -0.05) is 5.16 Å². The largest absolute Gasteiger partial charge is 0.399 e. The number of nitrogen functional groups attached to an aromatic ring is 1. The topological polar surface area (TPSA) is 74.2 Å². The first-order chi connectivity index (χ1) is 9.81. The van der Waals surface area contributed by atoms with Crippen LogP contribution in [0.2, 0.25) is 0 Å². The Kier molecular flexibility index (Phi) is 3.97. The summed E-state index contributed by atoms with van der Waals surface area (Å²) in [5.41, 5.74) is 7.31. The van der Waals surface area contributed by atoms with E-state index in [1.807, 2.05) is 24.3 Å². The number of hydrogen-bond donors (Lipinski definition) is 1. The van der Waals surface area contributed by atoms with Gasteiger partial charge >= 0.3 is 0 Å². The zero-order chi connectivity index (χ0) is 13.8. The highest BCUT2D eigenvalue weighted by molar-refractivity contribution is 5.57. The van der Waals surface area contributed by atoms with E-state index in [4.69, 9.17) is 15.0 Å². The Balaban J connectivity index is 1.60. The van der Waals surface area contributed by atoms with E-state index < -0.39 is 0 Å². The van der Waals surface area contributed by atoms with E-state index >= 15 is 0 Å². The minimum atomic E-state index is 0.343. The van der Waals surface area contributed by atoms with Gasteiger partial charge < -0.3 is 15.0 Å². The van der Waals surface area contributed by atoms with Crippen molar-refractivity contribution in [3.05, 3.63) is 30.2 Å². The van der Waals surface area contributed by atoms with Crippen molar-refractivity contribution in [2.75, 3.05) is 12.3 Å². The number of nitrogens with two attached hydrogens (primary N) is 1. The highest BCUT2D eigenvalue weighted by Crippen LogP contribution is 2.20. The molecule has 0 amide bonds. The van der Waals surface area contributed by atoms with Crippen LogP contribution < -0.4 is 5.73 Å². The molecular weight excluding hydrogens is 254 g/mol. The zero-order valence-electron chi connectivity index (χ0n) is 11.4. The molecule has 1 atom stereocenters. The summed E-state index contributed by atoms with van der Waals surface area (Å²) in [4.78, 5) is 4.42. The highest BCUT2D eigenvalue weighted by Gasteiger charge is 2.16. The third kappa shape index (κ3) is 3.17. The zero-order valence-corrected chi connectivity index (χ0v) is 11.4. The van der Waals surface area contributed by atoms with Crippen LogP contribution in [-0.2, 0) is 11.2 Å². The van der Waals surface area contributed by atoms with Gasteiger partial charge in [0, 0.05) is 24.3 Å². The average Bonchev–Trinajstić information content (AvgIpc) is 2.96. The Morgan fingerprint density at radius 2 is 2.05 bits per heavy atom. The standard InChI is InChI=1S/C15H19N3O2/c16-12-6-4-11(5-7-12)15-17-14(20-18-15)9-8-13-3-1-2-10-19-13/h4-7,13H,1-3,8-10,16H2. The van der Waals surface area contributed by atoms with Crippen molar-refractivity contribution in [2.45, 2.75) is 38.2 Å². The van der Waals surface area contributed by atoms with Crippen molar-refractivity contribution >= 4 is 5.69 Å². The molecule has 5 heteroatoms. The number of aryl methyl sites for hydroxylation is 1. The summed E-state index contributed by atoms with van der Waals surface area (Å²) in [6, 6.07) is 7.46. The number of benzene rings is 1. The number of ether oxygens (including phenoxy) is 1. The Labute approximate surface area is 118 Å². The molecule has 2 heterocycles. The lowest BCUT2D eigenvalue weighted by Gasteiger charge is -2.21. The van der Waals surface area contributed by atoms with Crippen molar-refractivity contribution in [1.29, 1.82) is 0 Å². The molecule has 1 fully saturated rings. The van der Waals surface area contributed by atoms with E-state index in [2.05, 4.69) is 10.1 Å². The lowest BCUT2D eigenvalue weighted by Crippen LogP contribution is -2.19. The molecule has 106 valence electrons. The Morgan fingerprint density at radius 1 is 1.20 bits per heavy atom. The summed E-state index contributed by atoms with van der Waals surface area (Å²) in [6.45, 7) is 0.880. The molecule has 0 radical (unpaired) electrons. The average molecular weight is 273 g/mol. The monoisotopic (exact) mass is 273 g/mol. The highest BCUT2D eigenvalue weighted by atomic mass is 16.5. The lowest BCUT2D eigenvalue weighted by atomic mass is 10.0. The van der Waals surface area contributed by atoms with E-state index in [0.717, 1.165) is 37.1 Å². The lowest BCUT2D eigenvalue weighted by molar-refractivity contribution is 0.0104. The van der Waals surface area contributed by atoms with Gasteiger partial charge in [0.2, 0.25) is 11.7 Å². The van der Waals surface area contributed by atoms with Crippen LogP contribution in [0.15, 0.2) is 28.8 Å². The molecule has 1 aliphatic rings. The summed E-state index contributed by atoms with van der Waals surface area (Å²) < 4.78 is 11.0. The third-order valence-corrected chi connectivity index (χ3v) is 3.59. The van der Waals surface area contributed by atoms with Crippen LogP contribution >= 0.6 is 0 Å². The van der Waals surface area contributed by atoms with E-state index in [-0.39, 0.29) is 0 Å². The van der Waals surface area contributed by atoms with Gasteiger partial charge in [-0.05, 0) is 49.9 Å². The molecule has 1 unspecified atom stereocenters. The fourth-order valence-corrected chi connectivity index (χ4v) is 2.43. The molecule has 1 aromatic heterocycles. The van der Waals surface area contributed by atoms with Gasteiger partial charge in [-0.3, -0.25) is 0 Å². The maximum atomic E-state index is 5.70. The van der Waals surface area contributed by atoms with Crippen LogP contribution in [0, 0.1) is 0 Å². The van der Waals surface area contributed by atoms with Gasteiger partial charge in [0.15, 0.2) is 0 Å².